The topological polar surface area (TPSA) is 99.8 Å². The minimum atomic E-state index is -3.62. The Balaban J connectivity index is 2.73. The molecule has 0 atom stereocenters. The summed E-state index contributed by atoms with van der Waals surface area (Å²) in [6, 6.07) is 0. The summed E-state index contributed by atoms with van der Waals surface area (Å²) in [4.78, 5) is 3.83. The predicted octanol–water partition coefficient (Wildman–Crippen LogP) is 0.158. The highest BCUT2D eigenvalue weighted by atomic mass is 32.2. The second-order valence-corrected chi connectivity index (χ2v) is 5.62. The predicted molar refractivity (Wildman–Crippen MR) is 56.6 cm³/mol. The number of aryl methyl sites for hydroxylation is 1. The second kappa shape index (κ2) is 3.78. The van der Waals surface area contributed by atoms with Gasteiger partial charge in [-0.1, -0.05) is 0 Å². The van der Waals surface area contributed by atoms with E-state index >= 15 is 0 Å². The first-order chi connectivity index (χ1) is 6.68. The lowest BCUT2D eigenvalue weighted by atomic mass is 10.1. The molecular weight excluding hydrogens is 218 g/mol. The molecule has 8 heteroatoms. The highest BCUT2D eigenvalue weighted by molar-refractivity contribution is 7.90. The van der Waals surface area contributed by atoms with E-state index in [2.05, 4.69) is 24.6 Å². The number of aromatic nitrogens is 3. The summed E-state index contributed by atoms with van der Waals surface area (Å²) < 4.78 is 27.6. The third-order valence-corrected chi connectivity index (χ3v) is 2.60. The zero-order valence-electron chi connectivity index (χ0n) is 9.12. The first-order valence-corrected chi connectivity index (χ1v) is 5.87. The van der Waals surface area contributed by atoms with Crippen molar-refractivity contribution in [2.24, 2.45) is 0 Å². The molecule has 0 saturated carbocycles. The summed E-state index contributed by atoms with van der Waals surface area (Å²) in [5.74, 6) is 0.577. The normalized spacial score (nSPS) is 12.8. The van der Waals surface area contributed by atoms with E-state index in [9.17, 15) is 8.42 Å². The molecule has 1 aromatic heterocycles. The molecule has 15 heavy (non-hydrogen) atoms. The number of aromatic amines is 1. The SMILES string of the molecule is Cc1nc(NS(=O)(=O)NC(C)(C)C)n[nH]1. The van der Waals surface area contributed by atoms with Crippen LogP contribution in [0.25, 0.3) is 0 Å². The minimum absolute atomic E-state index is 0.0317. The third-order valence-electron chi connectivity index (χ3n) is 1.26. The van der Waals surface area contributed by atoms with Gasteiger partial charge in [0.15, 0.2) is 0 Å². The average molecular weight is 233 g/mol. The van der Waals surface area contributed by atoms with E-state index in [1.54, 1.807) is 27.7 Å². The van der Waals surface area contributed by atoms with Gasteiger partial charge in [0.05, 0.1) is 0 Å². The lowest BCUT2D eigenvalue weighted by Crippen LogP contribution is -2.43. The first kappa shape index (κ1) is 11.9. The molecule has 3 N–H and O–H groups in total. The lowest BCUT2D eigenvalue weighted by molar-refractivity contribution is 0.494. The minimum Gasteiger partial charge on any atom is -0.261 e. The molecule has 0 amide bonds. The zero-order chi connectivity index (χ0) is 11.7. The number of hydrogen-bond donors (Lipinski definition) is 3. The van der Waals surface area contributed by atoms with Crippen molar-refractivity contribution < 1.29 is 8.42 Å². The fourth-order valence-corrected chi connectivity index (χ4v) is 2.13. The Labute approximate surface area is 88.9 Å². The van der Waals surface area contributed by atoms with Crippen LogP contribution in [0.4, 0.5) is 5.95 Å². The van der Waals surface area contributed by atoms with Crippen LogP contribution >= 0.6 is 0 Å². The molecule has 0 aliphatic carbocycles. The average Bonchev–Trinajstić information content (AvgIpc) is 2.27. The standard InChI is InChI=1S/C7H15N5O2S/c1-5-8-6(10-9-5)11-15(13,14)12-7(2,3)4/h12H,1-4H3,(H2,8,9,10,11). The van der Waals surface area contributed by atoms with Gasteiger partial charge in [0.1, 0.15) is 5.82 Å². The van der Waals surface area contributed by atoms with Gasteiger partial charge < -0.3 is 0 Å². The molecule has 0 spiro atoms. The molecule has 1 rings (SSSR count). The van der Waals surface area contributed by atoms with E-state index in [1.165, 1.54) is 0 Å². The van der Waals surface area contributed by atoms with Gasteiger partial charge in [0, 0.05) is 5.54 Å². The van der Waals surface area contributed by atoms with Crippen LogP contribution in [0, 0.1) is 6.92 Å². The summed E-state index contributed by atoms with van der Waals surface area (Å²) in [6.07, 6.45) is 0. The van der Waals surface area contributed by atoms with Crippen molar-refractivity contribution in [2.45, 2.75) is 33.2 Å². The molecule has 7 nitrogen and oxygen atoms in total. The Morgan fingerprint density at radius 1 is 1.33 bits per heavy atom. The van der Waals surface area contributed by atoms with Crippen molar-refractivity contribution in [3.8, 4) is 0 Å². The first-order valence-electron chi connectivity index (χ1n) is 4.39. The maximum atomic E-state index is 11.5. The maximum Gasteiger partial charge on any atom is 0.301 e. The Morgan fingerprint density at radius 2 is 1.93 bits per heavy atom. The Kier molecular flexibility index (Phi) is 3.00. The number of nitrogens with zero attached hydrogens (tertiary/aromatic N) is 2. The van der Waals surface area contributed by atoms with Crippen molar-refractivity contribution >= 4 is 16.2 Å². The summed E-state index contributed by atoms with van der Waals surface area (Å²) >= 11 is 0. The maximum absolute atomic E-state index is 11.5. The van der Waals surface area contributed by atoms with Gasteiger partial charge in [0.25, 0.3) is 5.95 Å². The largest absolute Gasteiger partial charge is 0.301 e. The number of rotatable bonds is 3. The van der Waals surface area contributed by atoms with E-state index in [4.69, 9.17) is 0 Å². The number of hydrogen-bond acceptors (Lipinski definition) is 4. The van der Waals surface area contributed by atoms with Crippen molar-refractivity contribution in [3.63, 3.8) is 0 Å². The Bertz CT molecular complexity index is 430. The summed E-state index contributed by atoms with van der Waals surface area (Å²) in [5, 5.41) is 6.20. The lowest BCUT2D eigenvalue weighted by Gasteiger charge is -2.19. The van der Waals surface area contributed by atoms with Gasteiger partial charge in [-0.3, -0.25) is 5.10 Å². The molecule has 1 aromatic rings. The quantitative estimate of drug-likeness (QED) is 0.692. The molecular formula is C7H15N5O2S. The Morgan fingerprint density at radius 3 is 2.33 bits per heavy atom. The van der Waals surface area contributed by atoms with Gasteiger partial charge in [-0.05, 0) is 27.7 Å². The highest BCUT2D eigenvalue weighted by Crippen LogP contribution is 2.04. The fourth-order valence-electron chi connectivity index (χ4n) is 0.937. The summed E-state index contributed by atoms with van der Waals surface area (Å²) in [7, 11) is -3.62. The van der Waals surface area contributed by atoms with Crippen molar-refractivity contribution in [1.29, 1.82) is 0 Å². The molecule has 1 heterocycles. The summed E-state index contributed by atoms with van der Waals surface area (Å²) in [6.45, 7) is 6.92. The third kappa shape index (κ3) is 4.26. The molecule has 0 radical (unpaired) electrons. The van der Waals surface area contributed by atoms with Crippen molar-refractivity contribution in [3.05, 3.63) is 5.82 Å². The van der Waals surface area contributed by atoms with Crippen LogP contribution in [0.5, 0.6) is 0 Å². The summed E-state index contributed by atoms with van der Waals surface area (Å²) in [5.41, 5.74) is -0.544. The second-order valence-electron chi connectivity index (χ2n) is 4.20. The van der Waals surface area contributed by atoms with Gasteiger partial charge in [-0.2, -0.15) is 18.1 Å². The molecule has 86 valence electrons. The molecule has 0 aromatic carbocycles. The van der Waals surface area contributed by atoms with Crippen LogP contribution in [0.1, 0.15) is 26.6 Å². The van der Waals surface area contributed by atoms with E-state index in [0.29, 0.717) is 5.82 Å². The molecule has 0 aliphatic rings. The number of H-pyrrole nitrogens is 1. The van der Waals surface area contributed by atoms with Gasteiger partial charge >= 0.3 is 10.2 Å². The zero-order valence-corrected chi connectivity index (χ0v) is 9.94. The van der Waals surface area contributed by atoms with Gasteiger partial charge in [0.2, 0.25) is 0 Å². The smallest absolute Gasteiger partial charge is 0.261 e. The molecule has 0 bridgehead atoms. The molecule has 0 aliphatic heterocycles. The monoisotopic (exact) mass is 233 g/mol. The van der Waals surface area contributed by atoms with Crippen LogP contribution < -0.4 is 9.44 Å². The Hall–Kier alpha value is -1.15. The van der Waals surface area contributed by atoms with E-state index in [-0.39, 0.29) is 5.95 Å². The molecule has 0 unspecified atom stereocenters. The van der Waals surface area contributed by atoms with Crippen molar-refractivity contribution in [1.82, 2.24) is 19.9 Å². The number of nitrogens with one attached hydrogen (secondary N) is 3. The van der Waals surface area contributed by atoms with E-state index in [1.807, 2.05) is 0 Å². The van der Waals surface area contributed by atoms with E-state index < -0.39 is 15.7 Å². The van der Waals surface area contributed by atoms with Gasteiger partial charge in [-0.25, -0.2) is 4.72 Å². The van der Waals surface area contributed by atoms with E-state index in [0.717, 1.165) is 0 Å². The van der Waals surface area contributed by atoms with Crippen LogP contribution in [0.3, 0.4) is 0 Å². The fraction of sp³-hybridized carbons (Fsp3) is 0.714. The highest BCUT2D eigenvalue weighted by Gasteiger charge is 2.20. The van der Waals surface area contributed by atoms with Gasteiger partial charge in [-0.15, -0.1) is 5.10 Å². The number of anilines is 1. The van der Waals surface area contributed by atoms with Crippen LogP contribution in [-0.4, -0.2) is 29.1 Å². The van der Waals surface area contributed by atoms with Crippen LogP contribution in [0.2, 0.25) is 0 Å². The van der Waals surface area contributed by atoms with Crippen LogP contribution in [-0.2, 0) is 10.2 Å². The molecule has 0 saturated heterocycles. The van der Waals surface area contributed by atoms with Crippen LogP contribution in [0.15, 0.2) is 0 Å². The molecule has 0 fully saturated rings. The van der Waals surface area contributed by atoms with Crippen molar-refractivity contribution in [2.75, 3.05) is 4.72 Å².